The van der Waals surface area contributed by atoms with Crippen LogP contribution in [-0.4, -0.2) is 17.7 Å². The lowest BCUT2D eigenvalue weighted by atomic mass is 9.99. The lowest BCUT2D eigenvalue weighted by Gasteiger charge is -2.31. The molecule has 2 aromatic rings. The van der Waals surface area contributed by atoms with Gasteiger partial charge in [-0.25, -0.2) is 9.18 Å². The molecule has 1 atom stereocenters. The molecule has 1 amide bonds. The van der Waals surface area contributed by atoms with Crippen molar-refractivity contribution in [3.8, 4) is 5.75 Å². The third-order valence-electron chi connectivity index (χ3n) is 3.43. The summed E-state index contributed by atoms with van der Waals surface area (Å²) in [4.78, 5) is 13.7. The van der Waals surface area contributed by atoms with E-state index in [1.807, 2.05) is 6.07 Å². The second-order valence-corrected chi connectivity index (χ2v) is 4.84. The molecule has 0 fully saturated rings. The zero-order valence-corrected chi connectivity index (χ0v) is 11.2. The molecule has 0 bridgehead atoms. The number of aliphatic hydroxyl groups is 1. The Bertz CT molecular complexity index is 660. The predicted octanol–water partition coefficient (Wildman–Crippen LogP) is 3.27. The van der Waals surface area contributed by atoms with E-state index in [4.69, 9.17) is 4.74 Å². The summed E-state index contributed by atoms with van der Waals surface area (Å²) in [6.07, 6.45) is -0.960. The van der Waals surface area contributed by atoms with E-state index in [1.54, 1.807) is 24.3 Å². The van der Waals surface area contributed by atoms with Crippen molar-refractivity contribution in [3.05, 3.63) is 59.9 Å². The van der Waals surface area contributed by atoms with Crippen molar-refractivity contribution in [2.75, 3.05) is 11.4 Å². The van der Waals surface area contributed by atoms with E-state index in [1.165, 1.54) is 23.1 Å². The van der Waals surface area contributed by atoms with Gasteiger partial charge in [-0.2, -0.15) is 0 Å². The first kappa shape index (κ1) is 13.6. The van der Waals surface area contributed by atoms with E-state index in [9.17, 15) is 14.3 Å². The van der Waals surface area contributed by atoms with Crippen LogP contribution < -0.4 is 9.64 Å². The summed E-state index contributed by atoms with van der Waals surface area (Å²) >= 11 is 0. The molecule has 1 heterocycles. The Kier molecular flexibility index (Phi) is 3.58. The highest BCUT2D eigenvalue weighted by molar-refractivity contribution is 5.90. The molecule has 0 aliphatic carbocycles. The maximum atomic E-state index is 13.3. The first-order valence-corrected chi connectivity index (χ1v) is 6.67. The number of halogens is 1. The van der Waals surface area contributed by atoms with Crippen LogP contribution in [0.3, 0.4) is 0 Å². The normalized spacial score (nSPS) is 17.2. The molecule has 0 saturated heterocycles. The van der Waals surface area contributed by atoms with E-state index in [0.29, 0.717) is 30.0 Å². The average Bonchev–Trinajstić information content (AvgIpc) is 2.49. The van der Waals surface area contributed by atoms with Crippen LogP contribution in [0, 0.1) is 5.82 Å². The van der Waals surface area contributed by atoms with Gasteiger partial charge in [-0.15, -0.1) is 0 Å². The lowest BCUT2D eigenvalue weighted by molar-refractivity contribution is 0.160. The quantitative estimate of drug-likeness (QED) is 0.875. The number of ether oxygens (including phenoxy) is 1. The van der Waals surface area contributed by atoms with Gasteiger partial charge in [-0.05, 0) is 36.8 Å². The van der Waals surface area contributed by atoms with Crippen LogP contribution in [0.5, 0.6) is 5.75 Å². The van der Waals surface area contributed by atoms with Crippen molar-refractivity contribution in [1.29, 1.82) is 0 Å². The molecular weight excluding hydrogens is 273 g/mol. The molecular formula is C16H14FNO3. The fourth-order valence-electron chi connectivity index (χ4n) is 2.40. The number of hydrogen-bond donors (Lipinski definition) is 1. The Hall–Kier alpha value is -2.40. The Labute approximate surface area is 121 Å². The monoisotopic (exact) mass is 287 g/mol. The molecule has 21 heavy (non-hydrogen) atoms. The number of carbonyl (C=O) groups excluding carboxylic acids is 1. The summed E-state index contributed by atoms with van der Waals surface area (Å²) in [7, 11) is 0. The minimum Gasteiger partial charge on any atom is -0.410 e. The zero-order chi connectivity index (χ0) is 14.8. The van der Waals surface area contributed by atoms with Crippen LogP contribution >= 0.6 is 0 Å². The maximum absolute atomic E-state index is 13.3. The molecule has 0 radical (unpaired) electrons. The number of nitrogens with zero attached hydrogens (tertiary/aromatic N) is 1. The highest BCUT2D eigenvalue weighted by Gasteiger charge is 2.29. The summed E-state index contributed by atoms with van der Waals surface area (Å²) in [6, 6.07) is 12.7. The van der Waals surface area contributed by atoms with Crippen molar-refractivity contribution in [3.63, 3.8) is 0 Å². The van der Waals surface area contributed by atoms with E-state index < -0.39 is 18.0 Å². The molecule has 1 aliphatic rings. The summed E-state index contributed by atoms with van der Waals surface area (Å²) < 4.78 is 18.6. The second kappa shape index (κ2) is 5.54. The van der Waals surface area contributed by atoms with E-state index in [2.05, 4.69) is 0 Å². The summed E-state index contributed by atoms with van der Waals surface area (Å²) in [5, 5.41) is 9.93. The minimum atomic E-state index is -0.767. The first-order chi connectivity index (χ1) is 10.1. The fourth-order valence-corrected chi connectivity index (χ4v) is 2.40. The fraction of sp³-hybridized carbons (Fsp3) is 0.188. The largest absolute Gasteiger partial charge is 0.419 e. The van der Waals surface area contributed by atoms with Gasteiger partial charge in [0.1, 0.15) is 11.6 Å². The van der Waals surface area contributed by atoms with Crippen molar-refractivity contribution in [1.82, 2.24) is 0 Å². The standard InChI is InChI=1S/C16H14FNO3/c17-11-6-7-14-13(10-11)15(19)8-9-18(14)16(20)21-12-4-2-1-3-5-12/h1-7,10,15,19H,8-9H2. The van der Waals surface area contributed by atoms with Gasteiger partial charge in [0.25, 0.3) is 0 Å². The number of fused-ring (bicyclic) bond motifs is 1. The maximum Gasteiger partial charge on any atom is 0.419 e. The highest BCUT2D eigenvalue weighted by Crippen LogP contribution is 2.34. The van der Waals surface area contributed by atoms with Gasteiger partial charge in [0, 0.05) is 12.1 Å². The van der Waals surface area contributed by atoms with E-state index >= 15 is 0 Å². The van der Waals surface area contributed by atoms with Crippen LogP contribution in [-0.2, 0) is 0 Å². The highest BCUT2D eigenvalue weighted by atomic mass is 19.1. The smallest absolute Gasteiger partial charge is 0.410 e. The van der Waals surface area contributed by atoms with Gasteiger partial charge in [-0.3, -0.25) is 4.90 Å². The van der Waals surface area contributed by atoms with Crippen LogP contribution in [0.1, 0.15) is 18.1 Å². The molecule has 2 aromatic carbocycles. The number of carbonyl (C=O) groups is 1. The van der Waals surface area contributed by atoms with Crippen molar-refractivity contribution in [2.24, 2.45) is 0 Å². The van der Waals surface area contributed by atoms with Gasteiger partial charge in [-0.1, -0.05) is 18.2 Å². The van der Waals surface area contributed by atoms with Crippen LogP contribution in [0.15, 0.2) is 48.5 Å². The van der Waals surface area contributed by atoms with Crippen LogP contribution in [0.25, 0.3) is 0 Å². The molecule has 0 saturated carbocycles. The Morgan fingerprint density at radius 2 is 2.00 bits per heavy atom. The summed E-state index contributed by atoms with van der Waals surface area (Å²) in [5.74, 6) is 0.00311. The minimum absolute atomic E-state index is 0.325. The average molecular weight is 287 g/mol. The number of benzene rings is 2. The molecule has 5 heteroatoms. The van der Waals surface area contributed by atoms with Gasteiger partial charge in [0.15, 0.2) is 0 Å². The second-order valence-electron chi connectivity index (χ2n) is 4.84. The van der Waals surface area contributed by atoms with Gasteiger partial charge < -0.3 is 9.84 Å². The Balaban J connectivity index is 1.87. The number of rotatable bonds is 1. The molecule has 0 aromatic heterocycles. The Morgan fingerprint density at radius 1 is 1.24 bits per heavy atom. The van der Waals surface area contributed by atoms with E-state index in [0.717, 1.165) is 0 Å². The molecule has 1 aliphatic heterocycles. The molecule has 3 rings (SSSR count). The van der Waals surface area contributed by atoms with Gasteiger partial charge in [0.2, 0.25) is 0 Å². The number of anilines is 1. The van der Waals surface area contributed by atoms with Crippen molar-refractivity contribution >= 4 is 11.8 Å². The summed E-state index contributed by atoms with van der Waals surface area (Å²) in [5.41, 5.74) is 0.891. The van der Waals surface area contributed by atoms with Crippen LogP contribution in [0.2, 0.25) is 0 Å². The van der Waals surface area contributed by atoms with Crippen molar-refractivity contribution in [2.45, 2.75) is 12.5 Å². The topological polar surface area (TPSA) is 49.8 Å². The van der Waals surface area contributed by atoms with Crippen molar-refractivity contribution < 1.29 is 19.0 Å². The molecule has 1 unspecified atom stereocenters. The van der Waals surface area contributed by atoms with Gasteiger partial charge in [0.05, 0.1) is 11.8 Å². The third kappa shape index (κ3) is 2.73. The van der Waals surface area contributed by atoms with Crippen LogP contribution in [0.4, 0.5) is 14.9 Å². The van der Waals surface area contributed by atoms with E-state index in [-0.39, 0.29) is 0 Å². The predicted molar refractivity (Wildman–Crippen MR) is 75.8 cm³/mol. The lowest BCUT2D eigenvalue weighted by Crippen LogP contribution is -2.38. The number of hydrogen-bond acceptors (Lipinski definition) is 3. The molecule has 0 spiro atoms. The Morgan fingerprint density at radius 3 is 2.76 bits per heavy atom. The zero-order valence-electron chi connectivity index (χ0n) is 11.2. The molecule has 4 nitrogen and oxygen atoms in total. The van der Waals surface area contributed by atoms with Gasteiger partial charge >= 0.3 is 6.09 Å². The SMILES string of the molecule is O=C(Oc1ccccc1)N1CCC(O)c2cc(F)ccc21. The summed E-state index contributed by atoms with van der Waals surface area (Å²) in [6.45, 7) is 0.325. The number of aliphatic hydroxyl groups excluding tert-OH is 1. The number of amides is 1. The first-order valence-electron chi connectivity index (χ1n) is 6.67. The molecule has 1 N–H and O–H groups in total. The molecule has 108 valence electrons. The number of para-hydroxylation sites is 1. The third-order valence-corrected chi connectivity index (χ3v) is 3.43.